The van der Waals surface area contributed by atoms with Crippen LogP contribution in [-0.4, -0.2) is 33.9 Å². The molecule has 100 valence electrons. The first kappa shape index (κ1) is 16.5. The van der Waals surface area contributed by atoms with Crippen LogP contribution in [0.2, 0.25) is 0 Å². The summed E-state index contributed by atoms with van der Waals surface area (Å²) in [6, 6.07) is 0. The van der Waals surface area contributed by atoms with Gasteiger partial charge in [0, 0.05) is 13.2 Å². The van der Waals surface area contributed by atoms with Gasteiger partial charge >= 0.3 is 8.97 Å². The molecule has 0 amide bonds. The van der Waals surface area contributed by atoms with Gasteiger partial charge in [-0.3, -0.25) is 0 Å². The fraction of sp³-hybridized carbons (Fsp3) is 0.909. The van der Waals surface area contributed by atoms with Gasteiger partial charge < -0.3 is 13.3 Å². The maximum atomic E-state index is 10.5. The summed E-state index contributed by atoms with van der Waals surface area (Å²) in [7, 11) is -3.29. The molecule has 0 radical (unpaired) electrons. The Hall–Kier alpha value is -0.523. The molecule has 0 saturated carbocycles. The van der Waals surface area contributed by atoms with E-state index in [-0.39, 0.29) is 5.92 Å². The first-order chi connectivity index (χ1) is 7.83. The predicted molar refractivity (Wildman–Crippen MR) is 67.1 cm³/mol. The fourth-order valence-corrected chi connectivity index (χ4v) is 3.18. The smallest absolute Gasteiger partial charge is 0.355 e. The van der Waals surface area contributed by atoms with E-state index in [1.165, 1.54) is 6.08 Å². The fourth-order valence-electron chi connectivity index (χ4n) is 1.06. The average Bonchev–Trinajstić information content (AvgIpc) is 2.17. The highest BCUT2D eigenvalue weighted by Crippen LogP contribution is 2.27. The van der Waals surface area contributed by atoms with Gasteiger partial charge in [-0.15, -0.1) is 0 Å². The number of nitrogens with zero attached hydrogens (tertiary/aromatic N) is 1. The zero-order chi connectivity index (χ0) is 13.5. The van der Waals surface area contributed by atoms with Crippen LogP contribution in [0, 0.1) is 5.92 Å². The second kappa shape index (κ2) is 7.03. The minimum Gasteiger partial charge on any atom is -0.355 e. The van der Waals surface area contributed by atoms with E-state index in [2.05, 4.69) is 4.66 Å². The molecule has 0 aromatic carbocycles. The van der Waals surface area contributed by atoms with Gasteiger partial charge in [0.25, 0.3) is 0 Å². The summed E-state index contributed by atoms with van der Waals surface area (Å²) >= 11 is 0. The largest absolute Gasteiger partial charge is 0.664 e. The monoisotopic (exact) mass is 261 g/mol. The van der Waals surface area contributed by atoms with Crippen molar-refractivity contribution in [2.75, 3.05) is 13.2 Å². The van der Waals surface area contributed by atoms with E-state index in [1.807, 2.05) is 41.5 Å². The van der Waals surface area contributed by atoms with E-state index < -0.39 is 14.6 Å². The maximum Gasteiger partial charge on any atom is 0.664 e. The molecule has 0 heterocycles. The molecule has 0 atom stereocenters. The summed E-state index contributed by atoms with van der Waals surface area (Å²) in [5.74, 6) is 0.247. The minimum absolute atomic E-state index is 0.247. The molecule has 0 aromatic heterocycles. The molecule has 0 fully saturated rings. The molecule has 0 N–H and O–H groups in total. The molecular formula is C11H23NO4Si. The highest BCUT2D eigenvalue weighted by molar-refractivity contribution is 6.59. The highest BCUT2D eigenvalue weighted by Gasteiger charge is 2.48. The Labute approximate surface area is 105 Å². The van der Waals surface area contributed by atoms with Gasteiger partial charge in [0.1, 0.15) is 0 Å². The van der Waals surface area contributed by atoms with Gasteiger partial charge in [-0.25, -0.2) is 4.79 Å². The van der Waals surface area contributed by atoms with Gasteiger partial charge in [0.15, 0.2) is 0 Å². The molecule has 17 heavy (non-hydrogen) atoms. The highest BCUT2D eigenvalue weighted by atomic mass is 28.4. The molecule has 0 bridgehead atoms. The number of carbonyl (C=O) groups excluding carboxylic acids is 1. The van der Waals surface area contributed by atoms with Crippen LogP contribution in [0.25, 0.3) is 0 Å². The molecule has 0 aliphatic rings. The quantitative estimate of drug-likeness (QED) is 0.382. The van der Waals surface area contributed by atoms with Crippen LogP contribution in [0.15, 0.2) is 4.66 Å². The Kier molecular flexibility index (Phi) is 6.82. The summed E-state index contributed by atoms with van der Waals surface area (Å²) in [6.45, 7) is 12.3. The lowest BCUT2D eigenvalue weighted by Gasteiger charge is -2.35. The van der Waals surface area contributed by atoms with Crippen LogP contribution in [0.5, 0.6) is 0 Å². The summed E-state index contributed by atoms with van der Waals surface area (Å²) in [5.41, 5.74) is -0.475. The molecule has 5 nitrogen and oxygen atoms in total. The number of rotatable bonds is 8. The SMILES string of the molecule is CCO[Si](N=C=O)(OCC)OC(C)(C)C(C)C. The lowest BCUT2D eigenvalue weighted by atomic mass is 9.95. The van der Waals surface area contributed by atoms with Crippen LogP contribution in [0.4, 0.5) is 0 Å². The molecule has 0 rings (SSSR count). The van der Waals surface area contributed by atoms with E-state index >= 15 is 0 Å². The molecule has 0 spiro atoms. The molecule has 6 heteroatoms. The summed E-state index contributed by atoms with van der Waals surface area (Å²) in [5, 5.41) is 0. The van der Waals surface area contributed by atoms with Crippen molar-refractivity contribution in [3.63, 3.8) is 0 Å². The minimum atomic E-state index is -3.29. The first-order valence-electron chi connectivity index (χ1n) is 5.90. The van der Waals surface area contributed by atoms with Crippen molar-refractivity contribution in [1.29, 1.82) is 0 Å². The standard InChI is InChI=1S/C11H23NO4Si/c1-7-14-17(12-9-13,15-8-2)16-11(5,6)10(3)4/h10H,7-8H2,1-6H3. The van der Waals surface area contributed by atoms with Crippen molar-refractivity contribution < 1.29 is 18.1 Å². The summed E-state index contributed by atoms with van der Waals surface area (Å²) in [6.07, 6.45) is 1.50. The van der Waals surface area contributed by atoms with Crippen molar-refractivity contribution >= 4 is 15.0 Å². The summed E-state index contributed by atoms with van der Waals surface area (Å²) in [4.78, 5) is 10.5. The molecule has 0 aromatic rings. The van der Waals surface area contributed by atoms with Crippen molar-refractivity contribution in [3.05, 3.63) is 0 Å². The zero-order valence-electron chi connectivity index (χ0n) is 11.6. The summed E-state index contributed by atoms with van der Waals surface area (Å²) < 4.78 is 20.5. The zero-order valence-corrected chi connectivity index (χ0v) is 12.6. The molecule has 0 saturated heterocycles. The van der Waals surface area contributed by atoms with Gasteiger partial charge in [0.05, 0.1) is 5.60 Å². The second-order valence-electron chi connectivity index (χ2n) is 4.45. The maximum absolute atomic E-state index is 10.5. The Morgan fingerprint density at radius 2 is 1.71 bits per heavy atom. The lowest BCUT2D eigenvalue weighted by molar-refractivity contribution is -0.0335. The van der Waals surface area contributed by atoms with E-state index in [9.17, 15) is 4.79 Å². The average molecular weight is 261 g/mol. The normalized spacial score (nSPS) is 12.6. The van der Waals surface area contributed by atoms with E-state index in [4.69, 9.17) is 13.3 Å². The molecular weight excluding hydrogens is 238 g/mol. The Morgan fingerprint density at radius 1 is 1.24 bits per heavy atom. The Balaban J connectivity index is 5.08. The second-order valence-corrected chi connectivity index (χ2v) is 6.51. The van der Waals surface area contributed by atoms with Gasteiger partial charge in [-0.2, -0.15) is 4.66 Å². The first-order valence-corrected chi connectivity index (χ1v) is 7.57. The lowest BCUT2D eigenvalue weighted by Crippen LogP contribution is -2.52. The number of hydrogen-bond acceptors (Lipinski definition) is 5. The van der Waals surface area contributed by atoms with Crippen LogP contribution in [-0.2, 0) is 18.1 Å². The van der Waals surface area contributed by atoms with Crippen molar-refractivity contribution in [2.45, 2.75) is 47.1 Å². The number of isocyanates is 1. The molecule has 0 aliphatic carbocycles. The van der Waals surface area contributed by atoms with E-state index in [1.54, 1.807) is 0 Å². The number of hydrogen-bond donors (Lipinski definition) is 0. The third-order valence-electron chi connectivity index (χ3n) is 2.62. The Bertz CT molecular complexity index is 269. The van der Waals surface area contributed by atoms with Gasteiger partial charge in [-0.1, -0.05) is 13.8 Å². The van der Waals surface area contributed by atoms with Crippen LogP contribution in [0.1, 0.15) is 41.5 Å². The predicted octanol–water partition coefficient (Wildman–Crippen LogP) is 2.28. The topological polar surface area (TPSA) is 57.1 Å². The van der Waals surface area contributed by atoms with Crippen molar-refractivity contribution in [2.24, 2.45) is 10.6 Å². The van der Waals surface area contributed by atoms with Crippen LogP contribution >= 0.6 is 0 Å². The van der Waals surface area contributed by atoms with Crippen molar-refractivity contribution in [1.82, 2.24) is 0 Å². The van der Waals surface area contributed by atoms with Crippen LogP contribution < -0.4 is 0 Å². The van der Waals surface area contributed by atoms with Crippen molar-refractivity contribution in [3.8, 4) is 0 Å². The Morgan fingerprint density at radius 3 is 2.00 bits per heavy atom. The molecule has 0 aliphatic heterocycles. The van der Waals surface area contributed by atoms with Crippen LogP contribution in [0.3, 0.4) is 0 Å². The molecule has 0 unspecified atom stereocenters. The van der Waals surface area contributed by atoms with E-state index in [0.717, 1.165) is 0 Å². The third kappa shape index (κ3) is 5.10. The third-order valence-corrected chi connectivity index (χ3v) is 5.07. The van der Waals surface area contributed by atoms with Gasteiger partial charge in [-0.05, 0) is 33.6 Å². The van der Waals surface area contributed by atoms with Gasteiger partial charge in [0.2, 0.25) is 6.08 Å². The van der Waals surface area contributed by atoms with E-state index in [0.29, 0.717) is 13.2 Å².